The van der Waals surface area contributed by atoms with E-state index in [1.165, 1.54) is 4.88 Å². The Morgan fingerprint density at radius 2 is 2.15 bits per heavy atom. The Hall–Kier alpha value is -1.88. The monoisotopic (exact) mass is 500 g/mol. The molecule has 0 saturated heterocycles. The van der Waals surface area contributed by atoms with Crippen molar-refractivity contribution in [2.75, 3.05) is 13.1 Å². The second-order valence-corrected chi connectivity index (χ2v) is 6.75. The molecule has 7 nitrogen and oxygen atoms in total. The number of halogens is 1. The maximum Gasteiger partial charge on any atom is 0.191 e. The molecule has 0 aliphatic rings. The lowest BCUT2D eigenvalue weighted by Crippen LogP contribution is -2.40. The van der Waals surface area contributed by atoms with Gasteiger partial charge in [-0.1, -0.05) is 13.0 Å². The lowest BCUT2D eigenvalue weighted by atomic mass is 10.3. The molecule has 0 atom stereocenters. The van der Waals surface area contributed by atoms with E-state index in [1.807, 2.05) is 12.1 Å². The number of hydrogen-bond acceptors (Lipinski definition) is 5. The van der Waals surface area contributed by atoms with Crippen LogP contribution in [0.15, 0.2) is 51.6 Å². The van der Waals surface area contributed by atoms with Gasteiger partial charge < -0.3 is 19.6 Å². The summed E-state index contributed by atoms with van der Waals surface area (Å²) in [5, 5.41) is 16.9. The highest BCUT2D eigenvalue weighted by Crippen LogP contribution is 2.08. The number of rotatable bonds is 9. The van der Waals surface area contributed by atoms with E-state index in [-0.39, 0.29) is 24.0 Å². The van der Waals surface area contributed by atoms with Gasteiger partial charge in [0.2, 0.25) is 0 Å². The van der Waals surface area contributed by atoms with Gasteiger partial charge in [0.25, 0.3) is 0 Å². The second kappa shape index (κ2) is 11.8. The van der Waals surface area contributed by atoms with Crippen molar-refractivity contribution < 1.29 is 4.42 Å². The van der Waals surface area contributed by atoms with E-state index < -0.39 is 0 Å². The molecule has 27 heavy (non-hydrogen) atoms. The van der Waals surface area contributed by atoms with E-state index in [2.05, 4.69) is 54.8 Å². The highest BCUT2D eigenvalue weighted by molar-refractivity contribution is 14.0. The van der Waals surface area contributed by atoms with Crippen LogP contribution in [-0.2, 0) is 25.9 Å². The van der Waals surface area contributed by atoms with Crippen LogP contribution >= 0.6 is 35.3 Å². The van der Waals surface area contributed by atoms with Gasteiger partial charge in [0.1, 0.15) is 24.5 Å². The van der Waals surface area contributed by atoms with E-state index in [4.69, 9.17) is 4.42 Å². The third kappa shape index (κ3) is 6.98. The Kier molecular flexibility index (Phi) is 9.32. The smallest absolute Gasteiger partial charge is 0.191 e. The topological polar surface area (TPSA) is 80.3 Å². The molecule has 0 aliphatic heterocycles. The van der Waals surface area contributed by atoms with E-state index in [0.29, 0.717) is 6.54 Å². The third-order valence-electron chi connectivity index (χ3n) is 3.87. The zero-order valence-electron chi connectivity index (χ0n) is 15.3. The van der Waals surface area contributed by atoms with Crippen molar-refractivity contribution in [2.45, 2.75) is 32.9 Å². The molecule has 0 saturated carbocycles. The molecule has 0 aromatic carbocycles. The summed E-state index contributed by atoms with van der Waals surface area (Å²) in [6.07, 6.45) is 5.29. The van der Waals surface area contributed by atoms with Crippen LogP contribution < -0.4 is 10.6 Å². The molecule has 0 radical (unpaired) electrons. The Bertz CT molecular complexity index is 785. The molecule has 0 spiro atoms. The van der Waals surface area contributed by atoms with Crippen LogP contribution in [0.25, 0.3) is 0 Å². The Balaban J connectivity index is 0.00000261. The number of aromatic nitrogens is 3. The van der Waals surface area contributed by atoms with Gasteiger partial charge in [0.05, 0.1) is 6.26 Å². The zero-order valence-corrected chi connectivity index (χ0v) is 18.4. The summed E-state index contributed by atoms with van der Waals surface area (Å²) < 4.78 is 7.42. The van der Waals surface area contributed by atoms with Crippen molar-refractivity contribution >= 4 is 41.3 Å². The summed E-state index contributed by atoms with van der Waals surface area (Å²) in [7, 11) is 0. The van der Waals surface area contributed by atoms with Gasteiger partial charge in [0.15, 0.2) is 5.96 Å². The van der Waals surface area contributed by atoms with Crippen LogP contribution in [0.5, 0.6) is 0 Å². The first-order valence-electron chi connectivity index (χ1n) is 8.78. The number of aliphatic imine (C=N–C) groups is 1. The average Bonchev–Trinajstić information content (AvgIpc) is 3.41. The molecule has 3 rings (SSSR count). The van der Waals surface area contributed by atoms with E-state index >= 15 is 0 Å². The fourth-order valence-corrected chi connectivity index (χ4v) is 3.24. The van der Waals surface area contributed by atoms with E-state index in [1.54, 1.807) is 23.9 Å². The van der Waals surface area contributed by atoms with Crippen LogP contribution in [-0.4, -0.2) is 33.8 Å². The van der Waals surface area contributed by atoms with Crippen LogP contribution in [0, 0.1) is 0 Å². The standard InChI is InChI=1S/C18H24N6OS.HI/c1-2-17-23-22-14-24(17)10-9-20-18(21-13-15-5-3-11-25-15)19-8-7-16-6-4-12-26-16;/h3-6,11-12,14H,2,7-10,13H2,1H3,(H2,19,20,21);1H. The predicted molar refractivity (Wildman–Crippen MR) is 119 cm³/mol. The fourth-order valence-electron chi connectivity index (χ4n) is 2.53. The first kappa shape index (κ1) is 21.4. The summed E-state index contributed by atoms with van der Waals surface area (Å²) in [5.74, 6) is 2.62. The molecule has 9 heteroatoms. The van der Waals surface area contributed by atoms with Crippen molar-refractivity contribution in [3.05, 3.63) is 58.7 Å². The first-order valence-corrected chi connectivity index (χ1v) is 9.66. The highest BCUT2D eigenvalue weighted by atomic mass is 127. The quantitative estimate of drug-likeness (QED) is 0.268. The van der Waals surface area contributed by atoms with Crippen molar-refractivity contribution in [3.8, 4) is 0 Å². The number of aryl methyl sites for hydroxylation is 1. The molecule has 0 unspecified atom stereocenters. The molecular weight excluding hydrogens is 475 g/mol. The van der Waals surface area contributed by atoms with Crippen LogP contribution in [0.2, 0.25) is 0 Å². The summed E-state index contributed by atoms with van der Waals surface area (Å²) in [4.78, 5) is 5.97. The molecule has 3 aromatic heterocycles. The van der Waals surface area contributed by atoms with Gasteiger partial charge in [-0.2, -0.15) is 0 Å². The highest BCUT2D eigenvalue weighted by Gasteiger charge is 2.04. The number of hydrogen-bond donors (Lipinski definition) is 2. The van der Waals surface area contributed by atoms with Crippen molar-refractivity contribution in [3.63, 3.8) is 0 Å². The molecular formula is C18H25IN6OS. The SMILES string of the molecule is CCc1nncn1CCNC(=NCc1ccco1)NCCc1cccs1.I. The number of nitrogens with one attached hydrogen (secondary N) is 2. The van der Waals surface area contributed by atoms with Gasteiger partial charge in [0, 0.05) is 30.9 Å². The van der Waals surface area contributed by atoms with E-state index in [9.17, 15) is 0 Å². The molecule has 146 valence electrons. The normalized spacial score (nSPS) is 11.2. The number of thiophene rings is 1. The van der Waals surface area contributed by atoms with Gasteiger partial charge in [-0.25, -0.2) is 4.99 Å². The molecule has 0 bridgehead atoms. The van der Waals surface area contributed by atoms with Crippen molar-refractivity contribution in [1.29, 1.82) is 0 Å². The van der Waals surface area contributed by atoms with Crippen LogP contribution in [0.1, 0.15) is 23.4 Å². The van der Waals surface area contributed by atoms with Crippen molar-refractivity contribution in [1.82, 2.24) is 25.4 Å². The first-order chi connectivity index (χ1) is 12.8. The Labute approximate surface area is 180 Å². The lowest BCUT2D eigenvalue weighted by Gasteiger charge is -2.13. The molecule has 3 heterocycles. The predicted octanol–water partition coefficient (Wildman–Crippen LogP) is 3.09. The van der Waals surface area contributed by atoms with Gasteiger partial charge in [-0.3, -0.25) is 0 Å². The molecule has 0 amide bonds. The van der Waals surface area contributed by atoms with Crippen LogP contribution in [0.4, 0.5) is 0 Å². The minimum absolute atomic E-state index is 0. The fraction of sp³-hybridized carbons (Fsp3) is 0.389. The summed E-state index contributed by atoms with van der Waals surface area (Å²) in [6.45, 7) is 4.96. The number of furan rings is 1. The second-order valence-electron chi connectivity index (χ2n) is 5.72. The van der Waals surface area contributed by atoms with E-state index in [0.717, 1.165) is 50.0 Å². The number of nitrogens with zero attached hydrogens (tertiary/aromatic N) is 4. The van der Waals surface area contributed by atoms with Crippen molar-refractivity contribution in [2.24, 2.45) is 4.99 Å². The Morgan fingerprint density at radius 3 is 2.89 bits per heavy atom. The lowest BCUT2D eigenvalue weighted by molar-refractivity contribution is 0.511. The summed E-state index contributed by atoms with van der Waals surface area (Å²) >= 11 is 1.77. The molecule has 3 aromatic rings. The van der Waals surface area contributed by atoms with Gasteiger partial charge in [-0.05, 0) is 30.0 Å². The summed E-state index contributed by atoms with van der Waals surface area (Å²) in [6, 6.07) is 8.03. The molecule has 0 aliphatic carbocycles. The van der Waals surface area contributed by atoms with Gasteiger partial charge in [-0.15, -0.1) is 45.5 Å². The minimum Gasteiger partial charge on any atom is -0.467 e. The minimum atomic E-state index is 0. The molecule has 0 fully saturated rings. The molecule has 2 N–H and O–H groups in total. The third-order valence-corrected chi connectivity index (χ3v) is 4.81. The largest absolute Gasteiger partial charge is 0.467 e. The average molecular weight is 500 g/mol. The Morgan fingerprint density at radius 1 is 1.26 bits per heavy atom. The maximum atomic E-state index is 5.36. The maximum absolute atomic E-state index is 5.36. The zero-order chi connectivity index (χ0) is 18.0. The number of guanidine groups is 1. The van der Waals surface area contributed by atoms with Crippen LogP contribution in [0.3, 0.4) is 0 Å². The van der Waals surface area contributed by atoms with Gasteiger partial charge >= 0.3 is 0 Å². The summed E-state index contributed by atoms with van der Waals surface area (Å²) in [5.41, 5.74) is 0.